The Hall–Kier alpha value is -3.45. The Morgan fingerprint density at radius 1 is 0.966 bits per heavy atom. The number of hydrogen-bond acceptors (Lipinski definition) is 3. The molecule has 144 valence electrons. The first kappa shape index (κ1) is 17.6. The van der Waals surface area contributed by atoms with Crippen molar-refractivity contribution in [2.45, 2.75) is 6.04 Å². The second kappa shape index (κ2) is 6.28. The molecule has 2 aliphatic rings. The largest absolute Gasteiger partial charge is 0.407 e. The van der Waals surface area contributed by atoms with E-state index in [-0.39, 0.29) is 11.9 Å². The van der Waals surface area contributed by atoms with E-state index in [1.807, 2.05) is 69.9 Å². The summed E-state index contributed by atoms with van der Waals surface area (Å²) in [6.45, 7) is 0. The molecule has 3 heterocycles. The van der Waals surface area contributed by atoms with Gasteiger partial charge in [-0.25, -0.2) is 9.36 Å². The third-order valence-electron chi connectivity index (χ3n) is 5.31. The number of aliphatic imine (C=N–C) groups is 1. The van der Waals surface area contributed by atoms with E-state index in [1.54, 1.807) is 7.05 Å². The van der Waals surface area contributed by atoms with Crippen LogP contribution in [0.25, 0.3) is 16.9 Å². The van der Waals surface area contributed by atoms with Crippen LogP contribution in [0.15, 0.2) is 65.8 Å². The SMILES string of the molecule is CN1C(=O)C2C(=Nc3n(-c4ccccc4)c(-c4ccc(Cl)cc4)c[n+]32)N(C)C1=O. The summed E-state index contributed by atoms with van der Waals surface area (Å²) < 4.78 is 3.81. The molecule has 1 atom stereocenters. The molecule has 0 saturated carbocycles. The molecule has 3 aromatic rings. The van der Waals surface area contributed by atoms with E-state index in [4.69, 9.17) is 16.6 Å². The zero-order valence-corrected chi connectivity index (χ0v) is 16.5. The van der Waals surface area contributed by atoms with Crippen LogP contribution in [0, 0.1) is 0 Å². The van der Waals surface area contributed by atoms with E-state index in [1.165, 1.54) is 11.9 Å². The maximum absolute atomic E-state index is 12.9. The lowest BCUT2D eigenvalue weighted by Gasteiger charge is -2.30. The number of carbonyl (C=O) groups excluding carboxylic acids is 2. The van der Waals surface area contributed by atoms with Crippen molar-refractivity contribution in [3.8, 4) is 16.9 Å². The number of nitrogens with zero attached hydrogens (tertiary/aromatic N) is 5. The molecule has 1 saturated heterocycles. The monoisotopic (exact) mass is 406 g/mol. The van der Waals surface area contributed by atoms with Gasteiger partial charge in [-0.3, -0.25) is 14.6 Å². The highest BCUT2D eigenvalue weighted by molar-refractivity contribution is 6.30. The number of aromatic nitrogens is 2. The van der Waals surface area contributed by atoms with E-state index in [9.17, 15) is 9.59 Å². The van der Waals surface area contributed by atoms with E-state index in [0.29, 0.717) is 16.8 Å². The molecule has 7 nitrogen and oxygen atoms in total. The number of amidine groups is 1. The number of fused-ring (bicyclic) bond motifs is 3. The number of carbonyl (C=O) groups is 2. The third kappa shape index (κ3) is 2.51. The topological polar surface area (TPSA) is 61.8 Å². The Balaban J connectivity index is 1.77. The van der Waals surface area contributed by atoms with Crippen molar-refractivity contribution < 1.29 is 14.2 Å². The van der Waals surface area contributed by atoms with E-state index < -0.39 is 6.04 Å². The molecular weight excluding hydrogens is 390 g/mol. The average molecular weight is 407 g/mol. The van der Waals surface area contributed by atoms with Crippen molar-refractivity contribution in [2.75, 3.05) is 14.1 Å². The van der Waals surface area contributed by atoms with Gasteiger partial charge in [-0.15, -0.1) is 0 Å². The molecule has 1 unspecified atom stereocenters. The Bertz CT molecular complexity index is 1180. The summed E-state index contributed by atoms with van der Waals surface area (Å²) in [6.07, 6.45) is 1.90. The summed E-state index contributed by atoms with van der Waals surface area (Å²) in [5.41, 5.74) is 2.72. The second-order valence-corrected chi connectivity index (χ2v) is 7.45. The molecule has 3 amide bonds. The van der Waals surface area contributed by atoms with Crippen molar-refractivity contribution >= 4 is 35.3 Å². The van der Waals surface area contributed by atoms with Crippen LogP contribution in [0.3, 0.4) is 0 Å². The molecule has 29 heavy (non-hydrogen) atoms. The summed E-state index contributed by atoms with van der Waals surface area (Å²) in [4.78, 5) is 32.5. The zero-order chi connectivity index (χ0) is 20.3. The fourth-order valence-corrected chi connectivity index (χ4v) is 3.93. The van der Waals surface area contributed by atoms with Crippen LogP contribution in [0.4, 0.5) is 10.7 Å². The number of amides is 3. The molecule has 5 rings (SSSR count). The van der Waals surface area contributed by atoms with Crippen molar-refractivity contribution in [3.05, 3.63) is 65.8 Å². The number of rotatable bonds is 2. The van der Waals surface area contributed by atoms with Gasteiger partial charge in [0.25, 0.3) is 5.91 Å². The lowest BCUT2D eigenvalue weighted by atomic mass is 10.1. The predicted molar refractivity (Wildman–Crippen MR) is 108 cm³/mol. The minimum absolute atomic E-state index is 0.302. The number of benzene rings is 2. The van der Waals surface area contributed by atoms with Crippen LogP contribution >= 0.6 is 11.6 Å². The van der Waals surface area contributed by atoms with Gasteiger partial charge in [-0.1, -0.05) is 34.8 Å². The van der Waals surface area contributed by atoms with Crippen molar-refractivity contribution in [3.63, 3.8) is 0 Å². The molecule has 0 radical (unpaired) electrons. The molecule has 0 spiro atoms. The highest BCUT2D eigenvalue weighted by Crippen LogP contribution is 2.34. The Morgan fingerprint density at radius 2 is 1.66 bits per heavy atom. The first-order chi connectivity index (χ1) is 14.0. The van der Waals surface area contributed by atoms with Gasteiger partial charge >= 0.3 is 12.0 Å². The number of hydrogen-bond donors (Lipinski definition) is 0. The Labute approximate surface area is 172 Å². The fraction of sp³-hybridized carbons (Fsp3) is 0.143. The highest BCUT2D eigenvalue weighted by atomic mass is 35.5. The van der Waals surface area contributed by atoms with E-state index in [2.05, 4.69) is 0 Å². The van der Waals surface area contributed by atoms with Gasteiger partial charge in [0.1, 0.15) is 17.6 Å². The molecule has 1 aromatic heterocycles. The number of para-hydroxylation sites is 1. The summed E-state index contributed by atoms with van der Waals surface area (Å²) >= 11 is 6.07. The standard InChI is InChI=1S/C21H17ClN5O2/c1-24-18-17(19(28)25(2)21(24)29)26-12-16(13-8-10-14(22)11-9-13)27(20(26)23-18)15-6-4-3-5-7-15/h3-12,17H,1-2H3/q+1. The first-order valence-electron chi connectivity index (χ1n) is 9.09. The number of urea groups is 1. The first-order valence-corrected chi connectivity index (χ1v) is 9.47. The zero-order valence-electron chi connectivity index (χ0n) is 15.8. The molecular formula is C21H17ClN5O2+. The number of likely N-dealkylation sites (N-methyl/N-ethyl adjacent to an activating group) is 2. The maximum Gasteiger partial charge on any atom is 0.407 e. The summed E-state index contributed by atoms with van der Waals surface area (Å²) in [6, 6.07) is 16.3. The molecule has 0 bridgehead atoms. The molecule has 1 fully saturated rings. The van der Waals surface area contributed by atoms with Gasteiger partial charge in [0.05, 0.1) is 0 Å². The van der Waals surface area contributed by atoms with Gasteiger partial charge in [-0.05, 0) is 36.4 Å². The lowest BCUT2D eigenvalue weighted by Crippen LogP contribution is -2.61. The third-order valence-corrected chi connectivity index (χ3v) is 5.56. The van der Waals surface area contributed by atoms with Gasteiger partial charge in [0, 0.05) is 24.7 Å². The smallest absolute Gasteiger partial charge is 0.270 e. The van der Waals surface area contributed by atoms with Gasteiger partial charge < -0.3 is 0 Å². The minimum Gasteiger partial charge on any atom is -0.270 e. The summed E-state index contributed by atoms with van der Waals surface area (Å²) in [5.74, 6) is 0.716. The highest BCUT2D eigenvalue weighted by Gasteiger charge is 2.52. The van der Waals surface area contributed by atoms with Crippen LogP contribution in [-0.2, 0) is 4.79 Å². The van der Waals surface area contributed by atoms with E-state index in [0.717, 1.165) is 21.8 Å². The quantitative estimate of drug-likeness (QED) is 0.613. The average Bonchev–Trinajstić information content (AvgIpc) is 3.28. The lowest BCUT2D eigenvalue weighted by molar-refractivity contribution is -0.676. The summed E-state index contributed by atoms with van der Waals surface area (Å²) in [7, 11) is 3.13. The van der Waals surface area contributed by atoms with Crippen molar-refractivity contribution in [1.82, 2.24) is 14.4 Å². The van der Waals surface area contributed by atoms with Crippen LogP contribution in [0.5, 0.6) is 0 Å². The predicted octanol–water partition coefficient (Wildman–Crippen LogP) is 3.19. The Morgan fingerprint density at radius 3 is 2.34 bits per heavy atom. The molecule has 2 aromatic carbocycles. The maximum atomic E-state index is 12.9. The Kier molecular flexibility index (Phi) is 3.82. The van der Waals surface area contributed by atoms with E-state index >= 15 is 0 Å². The molecule has 0 aliphatic carbocycles. The fourth-order valence-electron chi connectivity index (χ4n) is 3.80. The van der Waals surface area contributed by atoms with Crippen LogP contribution in [-0.4, -0.2) is 46.2 Å². The number of imidazole rings is 1. The number of halogens is 1. The second-order valence-electron chi connectivity index (χ2n) is 7.01. The van der Waals surface area contributed by atoms with Crippen LogP contribution < -0.4 is 4.57 Å². The van der Waals surface area contributed by atoms with Crippen molar-refractivity contribution in [2.24, 2.45) is 4.99 Å². The van der Waals surface area contributed by atoms with Crippen LogP contribution in [0.2, 0.25) is 5.02 Å². The molecule has 8 heteroatoms. The number of imide groups is 1. The summed E-state index contributed by atoms with van der Waals surface area (Å²) in [5, 5.41) is 0.649. The van der Waals surface area contributed by atoms with Gasteiger partial charge in [0.2, 0.25) is 11.9 Å². The molecule has 0 N–H and O–H groups in total. The molecule has 2 aliphatic heterocycles. The normalized spacial score (nSPS) is 18.0. The van der Waals surface area contributed by atoms with Crippen molar-refractivity contribution in [1.29, 1.82) is 0 Å². The van der Waals surface area contributed by atoms with Gasteiger partial charge in [0.15, 0.2) is 0 Å². The van der Waals surface area contributed by atoms with Gasteiger partial charge in [-0.2, -0.15) is 4.57 Å². The minimum atomic E-state index is -0.672. The van der Waals surface area contributed by atoms with Crippen LogP contribution in [0.1, 0.15) is 6.04 Å².